The van der Waals surface area contributed by atoms with Gasteiger partial charge in [-0.3, -0.25) is 9.36 Å². The highest BCUT2D eigenvalue weighted by Crippen LogP contribution is 2.30. The second kappa shape index (κ2) is 8.45. The first kappa shape index (κ1) is 21.8. The molecule has 0 spiro atoms. The van der Waals surface area contributed by atoms with Crippen LogP contribution in [0.25, 0.3) is 10.9 Å². The molecule has 3 rings (SSSR count). The van der Waals surface area contributed by atoms with E-state index >= 15 is 0 Å². The number of hydrogen-bond acceptors (Lipinski definition) is 4. The summed E-state index contributed by atoms with van der Waals surface area (Å²) in [5.41, 5.74) is -0.706. The Morgan fingerprint density at radius 3 is 2.62 bits per heavy atom. The van der Waals surface area contributed by atoms with E-state index in [2.05, 4.69) is 25.7 Å². The predicted octanol–water partition coefficient (Wildman–Crippen LogP) is 5.16. The van der Waals surface area contributed by atoms with Gasteiger partial charge in [0.1, 0.15) is 5.75 Å². The molecule has 1 N–H and O–H groups in total. The molecule has 2 aromatic carbocycles. The van der Waals surface area contributed by atoms with Crippen molar-refractivity contribution in [1.82, 2.24) is 9.55 Å². The molecule has 0 bridgehead atoms. The van der Waals surface area contributed by atoms with Gasteiger partial charge < -0.3 is 9.72 Å². The Balaban J connectivity index is 2.16. The SMILES string of the molecule is CCSc1ccc(Cl)cc1Cn1c(=O)[nH]c2c(Br)cc(OC(F)(F)F)cc2c1=O. The zero-order valence-electron chi connectivity index (χ0n) is 14.8. The van der Waals surface area contributed by atoms with Gasteiger partial charge in [0.25, 0.3) is 5.56 Å². The van der Waals surface area contributed by atoms with E-state index in [-0.39, 0.29) is 21.9 Å². The van der Waals surface area contributed by atoms with E-state index in [0.29, 0.717) is 10.6 Å². The summed E-state index contributed by atoms with van der Waals surface area (Å²) in [6.07, 6.45) is -4.92. The highest BCUT2D eigenvalue weighted by Gasteiger charge is 2.31. The number of benzene rings is 2. The van der Waals surface area contributed by atoms with Gasteiger partial charge in [-0.05, 0) is 57.6 Å². The Morgan fingerprint density at radius 1 is 1.24 bits per heavy atom. The maximum absolute atomic E-state index is 12.9. The van der Waals surface area contributed by atoms with Crippen LogP contribution in [0.2, 0.25) is 5.02 Å². The van der Waals surface area contributed by atoms with Crippen LogP contribution >= 0.6 is 39.3 Å². The largest absolute Gasteiger partial charge is 0.573 e. The number of hydrogen-bond donors (Lipinski definition) is 1. The van der Waals surface area contributed by atoms with Crippen molar-refractivity contribution in [2.75, 3.05) is 5.75 Å². The molecule has 154 valence electrons. The lowest BCUT2D eigenvalue weighted by molar-refractivity contribution is -0.274. The molecule has 0 aliphatic heterocycles. The van der Waals surface area contributed by atoms with E-state index in [0.717, 1.165) is 27.3 Å². The Bertz CT molecular complexity index is 1190. The van der Waals surface area contributed by atoms with Crippen molar-refractivity contribution in [2.45, 2.75) is 24.7 Å². The molecule has 0 fully saturated rings. The molecule has 0 saturated heterocycles. The molecule has 0 amide bonds. The van der Waals surface area contributed by atoms with Crippen LogP contribution in [0.4, 0.5) is 13.2 Å². The summed E-state index contributed by atoms with van der Waals surface area (Å²) >= 11 is 10.6. The second-order valence-electron chi connectivity index (χ2n) is 5.88. The highest BCUT2D eigenvalue weighted by atomic mass is 79.9. The quantitative estimate of drug-likeness (QED) is 0.482. The van der Waals surface area contributed by atoms with Crippen LogP contribution in [0.5, 0.6) is 5.75 Å². The normalized spacial score (nSPS) is 11.8. The summed E-state index contributed by atoms with van der Waals surface area (Å²) in [5.74, 6) is 0.195. The van der Waals surface area contributed by atoms with Crippen molar-refractivity contribution in [3.8, 4) is 5.75 Å². The Labute approximate surface area is 180 Å². The first-order chi connectivity index (χ1) is 13.6. The fourth-order valence-electron chi connectivity index (χ4n) is 2.76. The number of nitrogens with one attached hydrogen (secondary N) is 1. The van der Waals surface area contributed by atoms with Crippen LogP contribution in [0.15, 0.2) is 49.3 Å². The van der Waals surface area contributed by atoms with Crippen LogP contribution in [0, 0.1) is 0 Å². The van der Waals surface area contributed by atoms with Crippen molar-refractivity contribution in [2.24, 2.45) is 0 Å². The van der Waals surface area contributed by atoms with Crippen LogP contribution in [0.1, 0.15) is 12.5 Å². The van der Waals surface area contributed by atoms with E-state index in [1.54, 1.807) is 18.2 Å². The number of H-pyrrole nitrogens is 1. The molecule has 1 heterocycles. The molecule has 11 heteroatoms. The number of halogens is 5. The number of alkyl halides is 3. The molecule has 0 atom stereocenters. The van der Waals surface area contributed by atoms with E-state index in [1.165, 1.54) is 11.8 Å². The van der Waals surface area contributed by atoms with Crippen molar-refractivity contribution >= 4 is 50.2 Å². The number of nitrogens with zero attached hydrogens (tertiary/aromatic N) is 1. The van der Waals surface area contributed by atoms with Gasteiger partial charge >= 0.3 is 12.1 Å². The van der Waals surface area contributed by atoms with Crippen LogP contribution < -0.4 is 16.0 Å². The summed E-state index contributed by atoms with van der Waals surface area (Å²) in [6, 6.07) is 7.12. The molecule has 5 nitrogen and oxygen atoms in total. The van der Waals surface area contributed by atoms with Crippen LogP contribution in [0.3, 0.4) is 0 Å². The Morgan fingerprint density at radius 2 is 1.97 bits per heavy atom. The lowest BCUT2D eigenvalue weighted by Gasteiger charge is -2.13. The predicted molar refractivity (Wildman–Crippen MR) is 110 cm³/mol. The maximum Gasteiger partial charge on any atom is 0.573 e. The van der Waals surface area contributed by atoms with Crippen LogP contribution in [-0.2, 0) is 6.54 Å². The minimum atomic E-state index is -4.92. The average Bonchev–Trinajstić information content (AvgIpc) is 2.61. The van der Waals surface area contributed by atoms with Gasteiger partial charge in [0, 0.05) is 14.4 Å². The minimum Gasteiger partial charge on any atom is -0.406 e. The van der Waals surface area contributed by atoms with Gasteiger partial charge in [0.2, 0.25) is 0 Å². The molecule has 0 radical (unpaired) electrons. The number of aromatic amines is 1. The summed E-state index contributed by atoms with van der Waals surface area (Å²) in [6.45, 7) is 1.87. The lowest BCUT2D eigenvalue weighted by atomic mass is 10.2. The zero-order valence-corrected chi connectivity index (χ0v) is 17.9. The number of aromatic nitrogens is 2. The monoisotopic (exact) mass is 508 g/mol. The van der Waals surface area contributed by atoms with Crippen LogP contribution in [-0.4, -0.2) is 21.7 Å². The number of rotatable bonds is 5. The fourth-order valence-corrected chi connectivity index (χ4v) is 4.28. The fraction of sp³-hybridized carbons (Fsp3) is 0.222. The Kier molecular flexibility index (Phi) is 6.35. The molecule has 0 unspecified atom stereocenters. The van der Waals surface area contributed by atoms with Gasteiger partial charge in [0.15, 0.2) is 0 Å². The summed E-state index contributed by atoms with van der Waals surface area (Å²) < 4.78 is 42.6. The van der Waals surface area contributed by atoms with Gasteiger partial charge in [-0.15, -0.1) is 24.9 Å². The zero-order chi connectivity index (χ0) is 21.3. The van der Waals surface area contributed by atoms with Crippen molar-refractivity contribution in [1.29, 1.82) is 0 Å². The number of thioether (sulfide) groups is 1. The molecule has 0 aliphatic rings. The lowest BCUT2D eigenvalue weighted by Crippen LogP contribution is -2.35. The Hall–Kier alpha value is -1.91. The highest BCUT2D eigenvalue weighted by molar-refractivity contribution is 9.10. The summed E-state index contributed by atoms with van der Waals surface area (Å²) in [7, 11) is 0. The third-order valence-corrected chi connectivity index (χ3v) is 5.76. The molecular weight excluding hydrogens is 497 g/mol. The standard InChI is InChI=1S/C18H13BrClF3N2O3S/c1-2-29-14-4-3-10(20)5-9(14)8-25-16(26)12-6-11(28-18(21,22)23)7-13(19)15(12)24-17(25)27/h3-7H,2,8H2,1H3,(H,24,27). The molecular formula is C18H13BrClF3N2O3S. The molecule has 0 aliphatic carbocycles. The van der Waals surface area contributed by atoms with Gasteiger partial charge in [-0.25, -0.2) is 4.79 Å². The van der Waals surface area contributed by atoms with Gasteiger partial charge in [-0.2, -0.15) is 0 Å². The second-order valence-corrected chi connectivity index (χ2v) is 8.48. The maximum atomic E-state index is 12.9. The van der Waals surface area contributed by atoms with E-state index in [9.17, 15) is 22.8 Å². The van der Waals surface area contributed by atoms with E-state index in [4.69, 9.17) is 11.6 Å². The summed E-state index contributed by atoms with van der Waals surface area (Å²) in [4.78, 5) is 28.8. The van der Waals surface area contributed by atoms with Gasteiger partial charge in [-0.1, -0.05) is 18.5 Å². The van der Waals surface area contributed by atoms with Gasteiger partial charge in [0.05, 0.1) is 17.4 Å². The topological polar surface area (TPSA) is 64.1 Å². The molecule has 29 heavy (non-hydrogen) atoms. The third kappa shape index (κ3) is 4.99. The first-order valence-electron chi connectivity index (χ1n) is 8.22. The molecule has 3 aromatic rings. The van der Waals surface area contributed by atoms with E-state index in [1.807, 2.05) is 6.92 Å². The van der Waals surface area contributed by atoms with E-state index < -0.39 is 23.4 Å². The summed E-state index contributed by atoms with van der Waals surface area (Å²) in [5, 5.41) is 0.319. The van der Waals surface area contributed by atoms with Crippen molar-refractivity contribution < 1.29 is 17.9 Å². The van der Waals surface area contributed by atoms with Crippen molar-refractivity contribution in [3.63, 3.8) is 0 Å². The number of ether oxygens (including phenoxy) is 1. The minimum absolute atomic E-state index is 0.0834. The average molecular weight is 510 g/mol. The number of fused-ring (bicyclic) bond motifs is 1. The first-order valence-corrected chi connectivity index (χ1v) is 10.4. The van der Waals surface area contributed by atoms with Crippen molar-refractivity contribution in [3.05, 3.63) is 66.2 Å². The third-order valence-electron chi connectivity index (χ3n) is 3.90. The molecule has 1 aromatic heterocycles. The molecule has 0 saturated carbocycles. The smallest absolute Gasteiger partial charge is 0.406 e.